The van der Waals surface area contributed by atoms with Crippen molar-refractivity contribution in [3.05, 3.63) is 52.2 Å². The van der Waals surface area contributed by atoms with Gasteiger partial charge in [-0.1, -0.05) is 17.8 Å². The van der Waals surface area contributed by atoms with E-state index in [0.29, 0.717) is 6.04 Å². The van der Waals surface area contributed by atoms with E-state index in [-0.39, 0.29) is 0 Å². The highest BCUT2D eigenvalue weighted by Gasteiger charge is 2.30. The molecule has 5 rings (SSSR count). The zero-order chi connectivity index (χ0) is 16.8. The predicted octanol–water partition coefficient (Wildman–Crippen LogP) is 5.04. The molecule has 0 spiro atoms. The van der Waals surface area contributed by atoms with Crippen LogP contribution in [-0.2, 0) is 5.75 Å². The van der Waals surface area contributed by atoms with Crippen LogP contribution in [0.25, 0.3) is 16.3 Å². The van der Waals surface area contributed by atoms with Crippen molar-refractivity contribution in [1.29, 1.82) is 0 Å². The van der Waals surface area contributed by atoms with Gasteiger partial charge in [0.15, 0.2) is 11.0 Å². The summed E-state index contributed by atoms with van der Waals surface area (Å²) in [5.74, 6) is 1.79. The highest BCUT2D eigenvalue weighted by Crippen LogP contribution is 2.42. The highest BCUT2D eigenvalue weighted by molar-refractivity contribution is 9.10. The SMILES string of the molecule is Brc1ccc2nc(CSc3nnc(-c4cccs4)n3C3CC3)cn2c1. The maximum atomic E-state index is 4.68. The summed E-state index contributed by atoms with van der Waals surface area (Å²) in [6.45, 7) is 0. The summed E-state index contributed by atoms with van der Waals surface area (Å²) in [4.78, 5) is 5.87. The van der Waals surface area contributed by atoms with E-state index < -0.39 is 0 Å². The molecule has 1 fully saturated rings. The third kappa shape index (κ3) is 3.02. The molecule has 4 aromatic heterocycles. The molecule has 0 bridgehead atoms. The third-order valence-corrected chi connectivity index (χ3v) is 6.44. The Bertz CT molecular complexity index is 1030. The maximum Gasteiger partial charge on any atom is 0.192 e. The number of nitrogens with zero attached hydrogens (tertiary/aromatic N) is 5. The fourth-order valence-corrected chi connectivity index (χ4v) is 4.78. The molecule has 0 aliphatic heterocycles. The minimum absolute atomic E-state index is 0.548. The molecule has 4 aromatic rings. The molecule has 0 amide bonds. The molecule has 1 saturated carbocycles. The second-order valence-corrected chi connectivity index (χ2v) is 8.82. The van der Waals surface area contributed by atoms with Gasteiger partial charge in [0.25, 0.3) is 0 Å². The van der Waals surface area contributed by atoms with E-state index in [0.717, 1.165) is 32.5 Å². The van der Waals surface area contributed by atoms with Crippen LogP contribution in [0.15, 0.2) is 51.7 Å². The summed E-state index contributed by atoms with van der Waals surface area (Å²) in [5, 5.41) is 12.0. The van der Waals surface area contributed by atoms with Gasteiger partial charge < -0.3 is 4.40 Å². The summed E-state index contributed by atoms with van der Waals surface area (Å²) in [5.41, 5.74) is 2.01. The molecule has 0 radical (unpaired) electrons. The normalized spacial score (nSPS) is 14.4. The Labute approximate surface area is 161 Å². The lowest BCUT2D eigenvalue weighted by Gasteiger charge is -2.06. The summed E-state index contributed by atoms with van der Waals surface area (Å²) in [6, 6.07) is 8.75. The van der Waals surface area contributed by atoms with Gasteiger partial charge in [0.05, 0.1) is 10.6 Å². The lowest BCUT2D eigenvalue weighted by molar-refractivity contribution is 0.670. The summed E-state index contributed by atoms with van der Waals surface area (Å²) in [6.07, 6.45) is 6.53. The minimum Gasteiger partial charge on any atom is -0.306 e. The molecular formula is C17H14BrN5S2. The Morgan fingerprint density at radius 2 is 2.12 bits per heavy atom. The van der Waals surface area contributed by atoms with Crippen molar-refractivity contribution in [3.8, 4) is 10.7 Å². The average molecular weight is 432 g/mol. The van der Waals surface area contributed by atoms with Crippen LogP contribution in [0.4, 0.5) is 0 Å². The van der Waals surface area contributed by atoms with Gasteiger partial charge in [-0.3, -0.25) is 4.57 Å². The maximum absolute atomic E-state index is 4.68. The Morgan fingerprint density at radius 3 is 2.92 bits per heavy atom. The smallest absolute Gasteiger partial charge is 0.192 e. The van der Waals surface area contributed by atoms with Gasteiger partial charge in [-0.15, -0.1) is 21.5 Å². The molecule has 8 heteroatoms. The van der Waals surface area contributed by atoms with Crippen LogP contribution in [-0.4, -0.2) is 24.1 Å². The van der Waals surface area contributed by atoms with Crippen LogP contribution in [0.3, 0.4) is 0 Å². The Hall–Kier alpha value is -1.64. The van der Waals surface area contributed by atoms with Crippen LogP contribution < -0.4 is 0 Å². The number of halogens is 1. The Morgan fingerprint density at radius 1 is 1.20 bits per heavy atom. The van der Waals surface area contributed by atoms with Gasteiger partial charge in [-0.25, -0.2) is 4.98 Å². The van der Waals surface area contributed by atoms with E-state index in [4.69, 9.17) is 0 Å². The number of fused-ring (bicyclic) bond motifs is 1. The third-order valence-electron chi connectivity index (χ3n) is 4.13. The first-order valence-electron chi connectivity index (χ1n) is 8.02. The molecule has 0 atom stereocenters. The zero-order valence-corrected chi connectivity index (χ0v) is 16.4. The number of pyridine rings is 1. The van der Waals surface area contributed by atoms with Crippen LogP contribution in [0.5, 0.6) is 0 Å². The standard InChI is InChI=1S/C17H14BrN5S2/c18-11-3-6-15-19-12(9-22(15)8-11)10-25-17-21-20-16(14-2-1-7-24-14)23(17)13-4-5-13/h1-3,6-9,13H,4-5,10H2. The number of thioether (sulfide) groups is 1. The molecule has 5 nitrogen and oxygen atoms in total. The first kappa shape index (κ1) is 15.6. The molecule has 25 heavy (non-hydrogen) atoms. The molecule has 1 aliphatic rings. The highest BCUT2D eigenvalue weighted by atomic mass is 79.9. The van der Waals surface area contributed by atoms with Gasteiger partial charge in [0.2, 0.25) is 0 Å². The van der Waals surface area contributed by atoms with Crippen LogP contribution in [0.1, 0.15) is 24.6 Å². The molecule has 0 unspecified atom stereocenters. The monoisotopic (exact) mass is 431 g/mol. The van der Waals surface area contributed by atoms with Crippen molar-refractivity contribution in [2.75, 3.05) is 0 Å². The van der Waals surface area contributed by atoms with Crippen molar-refractivity contribution in [2.24, 2.45) is 0 Å². The summed E-state index contributed by atoms with van der Waals surface area (Å²) < 4.78 is 5.40. The molecule has 1 aliphatic carbocycles. The number of thiophene rings is 1. The topological polar surface area (TPSA) is 48.0 Å². The van der Waals surface area contributed by atoms with Crippen LogP contribution in [0.2, 0.25) is 0 Å². The van der Waals surface area contributed by atoms with Crippen molar-refractivity contribution < 1.29 is 0 Å². The van der Waals surface area contributed by atoms with Crippen LogP contribution >= 0.6 is 39.0 Å². The zero-order valence-electron chi connectivity index (χ0n) is 13.2. The van der Waals surface area contributed by atoms with Gasteiger partial charge in [-0.05, 0) is 52.4 Å². The first-order chi connectivity index (χ1) is 12.3. The number of aromatic nitrogens is 5. The van der Waals surface area contributed by atoms with E-state index in [1.807, 2.05) is 22.7 Å². The lowest BCUT2D eigenvalue weighted by Crippen LogP contribution is -1.99. The van der Waals surface area contributed by atoms with Gasteiger partial charge >= 0.3 is 0 Å². The number of rotatable bonds is 5. The molecule has 0 aromatic carbocycles. The van der Waals surface area contributed by atoms with E-state index in [9.17, 15) is 0 Å². The lowest BCUT2D eigenvalue weighted by atomic mass is 10.4. The number of hydrogen-bond acceptors (Lipinski definition) is 5. The molecule has 4 heterocycles. The van der Waals surface area contributed by atoms with Gasteiger partial charge in [0.1, 0.15) is 5.65 Å². The van der Waals surface area contributed by atoms with E-state index in [2.05, 4.69) is 59.4 Å². The summed E-state index contributed by atoms with van der Waals surface area (Å²) >= 11 is 6.92. The van der Waals surface area contributed by atoms with E-state index in [1.54, 1.807) is 23.1 Å². The average Bonchev–Trinajstić information content (AvgIpc) is 3.03. The van der Waals surface area contributed by atoms with E-state index in [1.165, 1.54) is 17.7 Å². The second-order valence-electron chi connectivity index (χ2n) is 6.02. The molecule has 0 saturated heterocycles. The van der Waals surface area contributed by atoms with Gasteiger partial charge in [0, 0.05) is 28.7 Å². The molecular weight excluding hydrogens is 418 g/mol. The number of imidazole rings is 1. The largest absolute Gasteiger partial charge is 0.306 e. The first-order valence-corrected chi connectivity index (χ1v) is 10.7. The minimum atomic E-state index is 0.548. The van der Waals surface area contributed by atoms with Crippen molar-refractivity contribution in [3.63, 3.8) is 0 Å². The van der Waals surface area contributed by atoms with Crippen molar-refractivity contribution >= 4 is 44.7 Å². The number of hydrogen-bond donors (Lipinski definition) is 0. The van der Waals surface area contributed by atoms with Crippen LogP contribution in [0, 0.1) is 0 Å². The fourth-order valence-electron chi connectivity index (χ4n) is 2.84. The Balaban J connectivity index is 1.42. The molecule has 126 valence electrons. The fraction of sp³-hybridized carbons (Fsp3) is 0.235. The molecule has 0 N–H and O–H groups in total. The summed E-state index contributed by atoms with van der Waals surface area (Å²) in [7, 11) is 0. The quantitative estimate of drug-likeness (QED) is 0.415. The Kier molecular flexibility index (Phi) is 3.91. The van der Waals surface area contributed by atoms with Crippen molar-refractivity contribution in [1.82, 2.24) is 24.1 Å². The second kappa shape index (κ2) is 6.26. The van der Waals surface area contributed by atoms with Gasteiger partial charge in [-0.2, -0.15) is 0 Å². The van der Waals surface area contributed by atoms with E-state index >= 15 is 0 Å². The predicted molar refractivity (Wildman–Crippen MR) is 104 cm³/mol. The van der Waals surface area contributed by atoms with Crippen molar-refractivity contribution in [2.45, 2.75) is 29.8 Å².